The van der Waals surface area contributed by atoms with Gasteiger partial charge >= 0.3 is 6.18 Å². The largest absolute Gasteiger partial charge is 0.508 e. The minimum Gasteiger partial charge on any atom is -0.508 e. The SMILES string of the molecule is CC(=NNc1ccc(C(F)(F)F)cc1[N+](=O)[O-])c1ccc(O)cc1. The third-order valence-electron chi connectivity index (χ3n) is 3.15. The summed E-state index contributed by atoms with van der Waals surface area (Å²) in [6, 6.07) is 8.18. The number of halogens is 3. The molecule has 2 N–H and O–H groups in total. The Hall–Kier alpha value is -3.10. The van der Waals surface area contributed by atoms with Crippen LogP contribution in [0.1, 0.15) is 18.1 Å². The van der Waals surface area contributed by atoms with E-state index in [1.54, 1.807) is 19.1 Å². The van der Waals surface area contributed by atoms with Crippen molar-refractivity contribution in [3.05, 3.63) is 63.7 Å². The molecule has 0 heterocycles. The van der Waals surface area contributed by atoms with Gasteiger partial charge < -0.3 is 5.11 Å². The standard InChI is InChI=1S/C15H12F3N3O3/c1-9(10-2-5-12(22)6-3-10)19-20-13-7-4-11(15(16,17)18)8-14(13)21(23)24/h2-8,20,22H,1H3. The van der Waals surface area contributed by atoms with Crippen LogP contribution >= 0.6 is 0 Å². The maximum atomic E-state index is 12.6. The number of alkyl halides is 3. The number of hydrogen-bond acceptors (Lipinski definition) is 5. The Morgan fingerprint density at radius 2 is 1.83 bits per heavy atom. The second-order valence-corrected chi connectivity index (χ2v) is 4.84. The number of phenolic OH excluding ortho intramolecular Hbond substituents is 1. The average Bonchev–Trinajstić information content (AvgIpc) is 2.52. The molecule has 0 aliphatic rings. The van der Waals surface area contributed by atoms with Crippen molar-refractivity contribution in [2.24, 2.45) is 5.10 Å². The number of hydrogen-bond donors (Lipinski definition) is 2. The highest BCUT2D eigenvalue weighted by Gasteiger charge is 2.33. The molecule has 2 rings (SSSR count). The highest BCUT2D eigenvalue weighted by molar-refractivity contribution is 5.99. The second kappa shape index (κ2) is 6.57. The Balaban J connectivity index is 2.30. The van der Waals surface area contributed by atoms with Crippen molar-refractivity contribution < 1.29 is 23.2 Å². The quantitative estimate of drug-likeness (QED) is 0.497. The van der Waals surface area contributed by atoms with E-state index in [-0.39, 0.29) is 11.4 Å². The van der Waals surface area contributed by atoms with Gasteiger partial charge in [0.1, 0.15) is 11.4 Å². The summed E-state index contributed by atoms with van der Waals surface area (Å²) in [6.45, 7) is 1.61. The van der Waals surface area contributed by atoms with Crippen molar-refractivity contribution >= 4 is 17.1 Å². The van der Waals surface area contributed by atoms with Crippen LogP contribution in [-0.2, 0) is 6.18 Å². The van der Waals surface area contributed by atoms with Gasteiger partial charge in [0, 0.05) is 6.07 Å². The molecule has 126 valence electrons. The molecule has 0 aliphatic carbocycles. The maximum absolute atomic E-state index is 12.6. The lowest BCUT2D eigenvalue weighted by Gasteiger charge is -2.09. The summed E-state index contributed by atoms with van der Waals surface area (Å²) in [4.78, 5) is 10.1. The first-order chi connectivity index (χ1) is 11.2. The van der Waals surface area contributed by atoms with Gasteiger partial charge in [-0.05, 0) is 48.9 Å². The number of anilines is 1. The fraction of sp³-hybridized carbons (Fsp3) is 0.133. The Bertz CT molecular complexity index is 787. The molecule has 0 unspecified atom stereocenters. The lowest BCUT2D eigenvalue weighted by atomic mass is 10.1. The normalized spacial score (nSPS) is 12.1. The van der Waals surface area contributed by atoms with E-state index in [4.69, 9.17) is 0 Å². The predicted octanol–water partition coefficient (Wildman–Crippen LogP) is 4.16. The van der Waals surface area contributed by atoms with Crippen LogP contribution in [0.25, 0.3) is 0 Å². The summed E-state index contributed by atoms with van der Waals surface area (Å²) in [6.07, 6.45) is -4.67. The molecule has 0 fully saturated rings. The number of benzene rings is 2. The molecular weight excluding hydrogens is 327 g/mol. The van der Waals surface area contributed by atoms with E-state index in [9.17, 15) is 28.4 Å². The summed E-state index contributed by atoms with van der Waals surface area (Å²) in [5, 5.41) is 24.1. The minimum absolute atomic E-state index is 0.0675. The topological polar surface area (TPSA) is 87.8 Å². The first-order valence-electron chi connectivity index (χ1n) is 6.64. The third-order valence-corrected chi connectivity index (χ3v) is 3.15. The minimum atomic E-state index is -4.67. The molecule has 0 aromatic heterocycles. The van der Waals surface area contributed by atoms with Gasteiger partial charge in [0.25, 0.3) is 5.69 Å². The van der Waals surface area contributed by atoms with Crippen molar-refractivity contribution in [2.75, 3.05) is 5.43 Å². The van der Waals surface area contributed by atoms with E-state index in [1.165, 1.54) is 12.1 Å². The molecule has 2 aromatic rings. The summed E-state index contributed by atoms with van der Waals surface area (Å²) in [7, 11) is 0. The van der Waals surface area contributed by atoms with Gasteiger partial charge in [0.15, 0.2) is 0 Å². The Morgan fingerprint density at radius 1 is 1.21 bits per heavy atom. The summed E-state index contributed by atoms with van der Waals surface area (Å²) in [5.74, 6) is 0.0675. The molecule has 6 nitrogen and oxygen atoms in total. The third kappa shape index (κ3) is 4.00. The van der Waals surface area contributed by atoms with Crippen LogP contribution in [0.15, 0.2) is 47.6 Å². The molecule has 0 spiro atoms. The Morgan fingerprint density at radius 3 is 2.38 bits per heavy atom. The van der Waals surface area contributed by atoms with Gasteiger partial charge in [0.05, 0.1) is 16.2 Å². The fourth-order valence-corrected chi connectivity index (χ4v) is 1.86. The van der Waals surface area contributed by atoms with Crippen LogP contribution in [-0.4, -0.2) is 15.7 Å². The lowest BCUT2D eigenvalue weighted by Crippen LogP contribution is -2.07. The number of nitro groups is 1. The average molecular weight is 339 g/mol. The molecule has 0 bridgehead atoms. The monoisotopic (exact) mass is 339 g/mol. The number of nitrogens with zero attached hydrogens (tertiary/aromatic N) is 2. The summed E-state index contributed by atoms with van der Waals surface area (Å²) < 4.78 is 37.9. The predicted molar refractivity (Wildman–Crippen MR) is 82.0 cm³/mol. The van der Waals surface area contributed by atoms with Crippen molar-refractivity contribution in [3.63, 3.8) is 0 Å². The maximum Gasteiger partial charge on any atom is 0.416 e. The number of rotatable bonds is 4. The van der Waals surface area contributed by atoms with E-state index in [0.29, 0.717) is 17.3 Å². The first-order valence-corrected chi connectivity index (χ1v) is 6.64. The number of phenols is 1. The van der Waals surface area contributed by atoms with Crippen LogP contribution in [0.4, 0.5) is 24.5 Å². The molecule has 0 saturated carbocycles. The van der Waals surface area contributed by atoms with Crippen LogP contribution in [0.5, 0.6) is 5.75 Å². The molecule has 0 radical (unpaired) electrons. The van der Waals surface area contributed by atoms with Gasteiger partial charge in [-0.25, -0.2) is 0 Å². The zero-order valence-corrected chi connectivity index (χ0v) is 12.3. The number of nitrogens with one attached hydrogen (secondary N) is 1. The number of nitro benzene ring substituents is 1. The molecule has 2 aromatic carbocycles. The van der Waals surface area contributed by atoms with Crippen molar-refractivity contribution in [1.29, 1.82) is 0 Å². The summed E-state index contributed by atoms with van der Waals surface area (Å²) >= 11 is 0. The van der Waals surface area contributed by atoms with Gasteiger partial charge in [-0.1, -0.05) is 0 Å². The van der Waals surface area contributed by atoms with Crippen LogP contribution in [0.2, 0.25) is 0 Å². The van der Waals surface area contributed by atoms with E-state index in [1.807, 2.05) is 0 Å². The zero-order chi connectivity index (χ0) is 17.9. The van der Waals surface area contributed by atoms with E-state index in [0.717, 1.165) is 12.1 Å². The van der Waals surface area contributed by atoms with Crippen LogP contribution < -0.4 is 5.43 Å². The fourth-order valence-electron chi connectivity index (χ4n) is 1.86. The van der Waals surface area contributed by atoms with Gasteiger partial charge in [0.2, 0.25) is 0 Å². The lowest BCUT2D eigenvalue weighted by molar-refractivity contribution is -0.384. The molecule has 0 atom stereocenters. The molecule has 0 aliphatic heterocycles. The van der Waals surface area contributed by atoms with Crippen molar-refractivity contribution in [2.45, 2.75) is 13.1 Å². The van der Waals surface area contributed by atoms with E-state index in [2.05, 4.69) is 10.5 Å². The molecule has 9 heteroatoms. The summed E-state index contributed by atoms with van der Waals surface area (Å²) in [5.41, 5.74) is 1.47. The molecular formula is C15H12F3N3O3. The highest BCUT2D eigenvalue weighted by Crippen LogP contribution is 2.35. The van der Waals surface area contributed by atoms with Crippen LogP contribution in [0.3, 0.4) is 0 Å². The Kier molecular flexibility index (Phi) is 4.72. The second-order valence-electron chi connectivity index (χ2n) is 4.84. The van der Waals surface area contributed by atoms with Crippen molar-refractivity contribution in [1.82, 2.24) is 0 Å². The molecule has 24 heavy (non-hydrogen) atoms. The highest BCUT2D eigenvalue weighted by atomic mass is 19.4. The van der Waals surface area contributed by atoms with E-state index < -0.39 is 22.4 Å². The molecule has 0 amide bonds. The first kappa shape index (κ1) is 17.3. The van der Waals surface area contributed by atoms with Gasteiger partial charge in [-0.15, -0.1) is 0 Å². The zero-order valence-electron chi connectivity index (χ0n) is 12.3. The van der Waals surface area contributed by atoms with Crippen molar-refractivity contribution in [3.8, 4) is 5.75 Å². The van der Waals surface area contributed by atoms with Gasteiger partial charge in [-0.3, -0.25) is 15.5 Å². The van der Waals surface area contributed by atoms with Crippen LogP contribution in [0, 0.1) is 10.1 Å². The molecule has 0 saturated heterocycles. The van der Waals surface area contributed by atoms with Gasteiger partial charge in [-0.2, -0.15) is 18.3 Å². The number of hydrazone groups is 1. The van der Waals surface area contributed by atoms with E-state index >= 15 is 0 Å². The Labute approximate surface area is 134 Å². The number of aromatic hydroxyl groups is 1. The smallest absolute Gasteiger partial charge is 0.416 e.